The Bertz CT molecular complexity index is 446. The standard InChI is InChI=1S/C21H30/c1-3-10-19(11-4-1)21(20-12-5-2-6-13-20)15-14-17-8-7-9-18(17)16-21/h7-8,14-15,19-20H,1-6,9-13,16H2. The van der Waals surface area contributed by atoms with E-state index >= 15 is 0 Å². The Hall–Kier alpha value is -0.780. The van der Waals surface area contributed by atoms with E-state index in [2.05, 4.69) is 24.3 Å². The molecule has 0 radical (unpaired) electrons. The number of rotatable bonds is 2. The number of hydrogen-bond acceptors (Lipinski definition) is 0. The summed E-state index contributed by atoms with van der Waals surface area (Å²) in [6.07, 6.45) is 27.5. The fraction of sp³-hybridized carbons (Fsp3) is 0.714. The molecule has 0 aromatic heterocycles. The molecule has 0 N–H and O–H groups in total. The smallest absolute Gasteiger partial charge is 0.00209 e. The van der Waals surface area contributed by atoms with Gasteiger partial charge in [-0.1, -0.05) is 68.4 Å². The Balaban J connectivity index is 1.64. The zero-order valence-electron chi connectivity index (χ0n) is 13.4. The van der Waals surface area contributed by atoms with E-state index in [4.69, 9.17) is 0 Å². The lowest BCUT2D eigenvalue weighted by Gasteiger charge is -2.49. The van der Waals surface area contributed by atoms with Crippen LogP contribution in [0.4, 0.5) is 0 Å². The summed E-state index contributed by atoms with van der Waals surface area (Å²) in [5.41, 5.74) is 3.84. The summed E-state index contributed by atoms with van der Waals surface area (Å²) in [6, 6.07) is 0. The van der Waals surface area contributed by atoms with Gasteiger partial charge < -0.3 is 0 Å². The Morgan fingerprint density at radius 2 is 1.38 bits per heavy atom. The van der Waals surface area contributed by atoms with Gasteiger partial charge in [-0.2, -0.15) is 0 Å². The van der Waals surface area contributed by atoms with E-state index in [-0.39, 0.29) is 0 Å². The summed E-state index contributed by atoms with van der Waals surface area (Å²) >= 11 is 0. The Labute approximate surface area is 130 Å². The summed E-state index contributed by atoms with van der Waals surface area (Å²) in [4.78, 5) is 0. The molecule has 0 aromatic carbocycles. The molecule has 0 unspecified atom stereocenters. The largest absolute Gasteiger partial charge is 0.0798 e. The number of allylic oxidation sites excluding steroid dienone is 6. The van der Waals surface area contributed by atoms with Crippen LogP contribution in [0.1, 0.15) is 77.0 Å². The molecule has 4 rings (SSSR count). The molecule has 0 spiro atoms. The third-order valence-corrected chi connectivity index (χ3v) is 6.89. The van der Waals surface area contributed by atoms with Gasteiger partial charge in [0.05, 0.1) is 0 Å². The minimum atomic E-state index is 0.533. The van der Waals surface area contributed by atoms with Gasteiger partial charge in [0, 0.05) is 0 Å². The molecule has 0 atom stereocenters. The average Bonchev–Trinajstić information content (AvgIpc) is 3.03. The molecule has 0 heteroatoms. The zero-order valence-corrected chi connectivity index (χ0v) is 13.4. The second-order valence-corrected chi connectivity index (χ2v) is 7.96. The zero-order chi connectivity index (χ0) is 14.1. The monoisotopic (exact) mass is 282 g/mol. The molecule has 2 saturated carbocycles. The Kier molecular flexibility index (Phi) is 3.81. The molecule has 4 aliphatic rings. The fourth-order valence-electron chi connectivity index (χ4n) is 5.76. The highest BCUT2D eigenvalue weighted by Gasteiger charge is 2.45. The van der Waals surface area contributed by atoms with Crippen molar-refractivity contribution >= 4 is 0 Å². The van der Waals surface area contributed by atoms with Crippen LogP contribution in [0.25, 0.3) is 0 Å². The predicted octanol–water partition coefficient (Wildman–Crippen LogP) is 6.35. The van der Waals surface area contributed by atoms with Crippen molar-refractivity contribution in [1.82, 2.24) is 0 Å². The molecule has 0 saturated heterocycles. The molecule has 0 aromatic rings. The maximum atomic E-state index is 2.70. The normalized spacial score (nSPS) is 29.9. The van der Waals surface area contributed by atoms with Crippen molar-refractivity contribution in [3.8, 4) is 0 Å². The summed E-state index contributed by atoms with van der Waals surface area (Å²) in [5, 5.41) is 0. The van der Waals surface area contributed by atoms with Crippen molar-refractivity contribution in [3.05, 3.63) is 35.5 Å². The van der Waals surface area contributed by atoms with Gasteiger partial charge in [0.2, 0.25) is 0 Å². The van der Waals surface area contributed by atoms with Crippen molar-refractivity contribution in [1.29, 1.82) is 0 Å². The quantitative estimate of drug-likeness (QED) is 0.553. The Morgan fingerprint density at radius 1 is 0.762 bits per heavy atom. The second-order valence-electron chi connectivity index (χ2n) is 7.96. The van der Waals surface area contributed by atoms with E-state index < -0.39 is 0 Å². The van der Waals surface area contributed by atoms with Gasteiger partial charge in [0.25, 0.3) is 0 Å². The van der Waals surface area contributed by atoms with E-state index in [1.54, 1.807) is 11.1 Å². The molecule has 0 heterocycles. The van der Waals surface area contributed by atoms with Gasteiger partial charge in [-0.25, -0.2) is 0 Å². The van der Waals surface area contributed by atoms with E-state index in [1.165, 1.54) is 77.0 Å². The van der Waals surface area contributed by atoms with Crippen LogP contribution in [-0.2, 0) is 0 Å². The van der Waals surface area contributed by atoms with Crippen molar-refractivity contribution in [2.75, 3.05) is 0 Å². The first-order chi connectivity index (χ1) is 10.4. The fourth-order valence-corrected chi connectivity index (χ4v) is 5.76. The van der Waals surface area contributed by atoms with E-state index in [0.29, 0.717) is 5.41 Å². The first-order valence-electron chi connectivity index (χ1n) is 9.46. The maximum absolute atomic E-state index is 2.70. The van der Waals surface area contributed by atoms with E-state index in [1.807, 2.05) is 0 Å². The topological polar surface area (TPSA) is 0 Å². The number of hydrogen-bond donors (Lipinski definition) is 0. The van der Waals surface area contributed by atoms with Gasteiger partial charge in [0.1, 0.15) is 0 Å². The minimum absolute atomic E-state index is 0.533. The van der Waals surface area contributed by atoms with Gasteiger partial charge in [-0.15, -0.1) is 0 Å². The minimum Gasteiger partial charge on any atom is -0.0798 e. The molecule has 21 heavy (non-hydrogen) atoms. The third-order valence-electron chi connectivity index (χ3n) is 6.89. The first-order valence-corrected chi connectivity index (χ1v) is 9.46. The van der Waals surface area contributed by atoms with Crippen LogP contribution in [0.3, 0.4) is 0 Å². The lowest BCUT2D eigenvalue weighted by atomic mass is 9.55. The summed E-state index contributed by atoms with van der Waals surface area (Å²) in [5.74, 6) is 1.94. The van der Waals surface area contributed by atoms with Crippen LogP contribution in [-0.4, -0.2) is 0 Å². The molecule has 114 valence electrons. The SMILES string of the molecule is C1=CC2=C(C1)CC(C1CCCCC1)(C1CCCCC1)C=C2. The molecule has 2 fully saturated rings. The van der Waals surface area contributed by atoms with Crippen LogP contribution >= 0.6 is 0 Å². The van der Waals surface area contributed by atoms with Gasteiger partial charge in [-0.3, -0.25) is 0 Å². The third kappa shape index (κ3) is 2.45. The molecule has 4 aliphatic carbocycles. The van der Waals surface area contributed by atoms with Crippen molar-refractivity contribution in [2.24, 2.45) is 17.3 Å². The average molecular weight is 282 g/mol. The lowest BCUT2D eigenvalue weighted by Crippen LogP contribution is -2.40. The summed E-state index contributed by atoms with van der Waals surface area (Å²) < 4.78 is 0. The molecular weight excluding hydrogens is 252 g/mol. The first kappa shape index (κ1) is 13.9. The molecule has 0 aliphatic heterocycles. The van der Waals surface area contributed by atoms with E-state index in [9.17, 15) is 0 Å². The van der Waals surface area contributed by atoms with Gasteiger partial charge >= 0.3 is 0 Å². The van der Waals surface area contributed by atoms with Gasteiger partial charge in [-0.05, 0) is 61.3 Å². The summed E-state index contributed by atoms with van der Waals surface area (Å²) in [6.45, 7) is 0. The maximum Gasteiger partial charge on any atom is -0.00209 e. The summed E-state index contributed by atoms with van der Waals surface area (Å²) in [7, 11) is 0. The van der Waals surface area contributed by atoms with Crippen molar-refractivity contribution < 1.29 is 0 Å². The van der Waals surface area contributed by atoms with Crippen LogP contribution in [0.2, 0.25) is 0 Å². The van der Waals surface area contributed by atoms with Crippen LogP contribution in [0.5, 0.6) is 0 Å². The van der Waals surface area contributed by atoms with Crippen LogP contribution < -0.4 is 0 Å². The highest BCUT2D eigenvalue weighted by Crippen LogP contribution is 2.56. The van der Waals surface area contributed by atoms with Gasteiger partial charge in [0.15, 0.2) is 0 Å². The molecule has 0 bridgehead atoms. The van der Waals surface area contributed by atoms with Crippen LogP contribution in [0, 0.1) is 17.3 Å². The Morgan fingerprint density at radius 3 is 2.00 bits per heavy atom. The molecular formula is C21H30. The van der Waals surface area contributed by atoms with Crippen molar-refractivity contribution in [3.63, 3.8) is 0 Å². The molecule has 0 amide bonds. The van der Waals surface area contributed by atoms with E-state index in [0.717, 1.165) is 11.8 Å². The van der Waals surface area contributed by atoms with Crippen molar-refractivity contribution in [2.45, 2.75) is 77.0 Å². The predicted molar refractivity (Wildman–Crippen MR) is 90.1 cm³/mol. The molecule has 0 nitrogen and oxygen atoms in total. The van der Waals surface area contributed by atoms with Crippen LogP contribution in [0.15, 0.2) is 35.5 Å². The highest BCUT2D eigenvalue weighted by atomic mass is 14.5. The lowest BCUT2D eigenvalue weighted by molar-refractivity contribution is 0.0671. The highest BCUT2D eigenvalue weighted by molar-refractivity contribution is 5.46. The second kappa shape index (κ2) is 5.78.